The van der Waals surface area contributed by atoms with E-state index in [1.54, 1.807) is 0 Å². The molecule has 0 aliphatic rings. The molecule has 7 heteroatoms. The molecule has 7 nitrogen and oxygen atoms in total. The van der Waals surface area contributed by atoms with Crippen LogP contribution in [0.5, 0.6) is 0 Å². The van der Waals surface area contributed by atoms with Gasteiger partial charge in [-0.15, -0.1) is 0 Å². The highest BCUT2D eigenvalue weighted by atomic mass is 16.4. The molecule has 0 amide bonds. The predicted molar refractivity (Wildman–Crippen MR) is 74.2 cm³/mol. The number of nitrogens with zero attached hydrogens (tertiary/aromatic N) is 2. The van der Waals surface area contributed by atoms with Gasteiger partial charge in [0.25, 0.3) is 0 Å². The Kier molecular flexibility index (Phi) is 4.25. The summed E-state index contributed by atoms with van der Waals surface area (Å²) in [6.07, 6.45) is 0. The number of carboxylic acids is 2. The lowest BCUT2D eigenvalue weighted by Gasteiger charge is -1.98. The Morgan fingerprint density at radius 3 is 1.52 bits per heavy atom. The summed E-state index contributed by atoms with van der Waals surface area (Å²) in [6.45, 7) is 0. The van der Waals surface area contributed by atoms with Crippen molar-refractivity contribution in [3.63, 3.8) is 0 Å². The van der Waals surface area contributed by atoms with Crippen molar-refractivity contribution in [1.29, 1.82) is 0 Å². The molecule has 0 saturated carbocycles. The smallest absolute Gasteiger partial charge is 0.336 e. The van der Waals surface area contributed by atoms with Gasteiger partial charge in [-0.05, 0) is 24.3 Å². The number of para-hydroxylation sites is 2. The van der Waals surface area contributed by atoms with Gasteiger partial charge in [0.05, 0.1) is 11.1 Å². The Hall–Kier alpha value is -3.22. The van der Waals surface area contributed by atoms with Crippen LogP contribution in [-0.2, 0) is 0 Å². The van der Waals surface area contributed by atoms with E-state index < -0.39 is 11.9 Å². The number of hydrogen-bond acceptors (Lipinski definition) is 4. The van der Waals surface area contributed by atoms with Gasteiger partial charge in [0.1, 0.15) is 11.0 Å². The van der Waals surface area contributed by atoms with Crippen molar-refractivity contribution in [2.24, 2.45) is 0 Å². The molecule has 0 bridgehead atoms. The number of rotatable bonds is 2. The van der Waals surface area contributed by atoms with Gasteiger partial charge in [0, 0.05) is 0 Å². The first-order chi connectivity index (χ1) is 10.1. The molecule has 1 aromatic heterocycles. The number of aromatic carboxylic acids is 2. The Morgan fingerprint density at radius 1 is 0.762 bits per heavy atom. The third-order valence-corrected chi connectivity index (χ3v) is 2.61. The van der Waals surface area contributed by atoms with E-state index in [9.17, 15) is 9.59 Å². The zero-order valence-electron chi connectivity index (χ0n) is 10.7. The molecule has 0 aliphatic carbocycles. The second-order valence-electron chi connectivity index (χ2n) is 3.97. The second-order valence-corrected chi connectivity index (χ2v) is 3.97. The summed E-state index contributed by atoms with van der Waals surface area (Å²) in [5.74, 6) is -2.46. The molecule has 0 aliphatic heterocycles. The number of fused-ring (bicyclic) bond motifs is 1. The third-order valence-electron chi connectivity index (χ3n) is 2.61. The van der Waals surface area contributed by atoms with Crippen molar-refractivity contribution in [3.05, 3.63) is 59.7 Å². The van der Waals surface area contributed by atoms with E-state index in [4.69, 9.17) is 10.2 Å². The van der Waals surface area contributed by atoms with Crippen molar-refractivity contribution >= 4 is 23.0 Å². The molecule has 3 aromatic rings. The van der Waals surface area contributed by atoms with Crippen LogP contribution in [0.25, 0.3) is 11.0 Å². The number of carbonyl (C=O) groups is 2. The lowest BCUT2D eigenvalue weighted by molar-refractivity contribution is 0.0651. The summed E-state index contributed by atoms with van der Waals surface area (Å²) < 4.78 is 0. The summed E-state index contributed by atoms with van der Waals surface area (Å²) in [5.41, 5.74) is 1.45. The zero-order chi connectivity index (χ0) is 15.2. The van der Waals surface area contributed by atoms with E-state index in [0.29, 0.717) is 0 Å². The molecule has 0 fully saturated rings. The van der Waals surface area contributed by atoms with E-state index in [0.717, 1.165) is 11.0 Å². The summed E-state index contributed by atoms with van der Waals surface area (Å²) >= 11 is 0. The molecular formula is C14H11N3O4. The van der Waals surface area contributed by atoms with Crippen molar-refractivity contribution in [2.45, 2.75) is 0 Å². The monoisotopic (exact) mass is 285 g/mol. The van der Waals surface area contributed by atoms with Crippen LogP contribution in [0.1, 0.15) is 20.7 Å². The van der Waals surface area contributed by atoms with E-state index >= 15 is 0 Å². The number of hydrogen-bond donors (Lipinski definition) is 3. The normalized spacial score (nSPS) is 9.71. The first kappa shape index (κ1) is 14.2. The van der Waals surface area contributed by atoms with Crippen molar-refractivity contribution < 1.29 is 19.8 Å². The lowest BCUT2D eigenvalue weighted by atomic mass is 10.1. The largest absolute Gasteiger partial charge is 0.478 e. The van der Waals surface area contributed by atoms with E-state index in [1.165, 1.54) is 24.3 Å². The quantitative estimate of drug-likeness (QED) is 0.663. The Balaban J connectivity index is 0.000000159. The Labute approximate surface area is 118 Å². The van der Waals surface area contributed by atoms with Crippen LogP contribution >= 0.6 is 0 Å². The highest BCUT2D eigenvalue weighted by molar-refractivity contribution is 6.01. The molecule has 21 heavy (non-hydrogen) atoms. The fraction of sp³-hybridized carbons (Fsp3) is 0. The minimum Gasteiger partial charge on any atom is -0.478 e. The van der Waals surface area contributed by atoms with Crippen LogP contribution in [0.3, 0.4) is 0 Å². The van der Waals surface area contributed by atoms with Gasteiger partial charge in [-0.25, -0.2) is 9.59 Å². The minimum atomic E-state index is -1.23. The van der Waals surface area contributed by atoms with Gasteiger partial charge in [-0.3, -0.25) is 0 Å². The molecule has 0 radical (unpaired) electrons. The van der Waals surface area contributed by atoms with Crippen LogP contribution < -0.4 is 0 Å². The molecule has 2 aromatic carbocycles. The molecule has 1 heterocycles. The van der Waals surface area contributed by atoms with Crippen LogP contribution in [0.2, 0.25) is 0 Å². The van der Waals surface area contributed by atoms with Crippen LogP contribution in [0.15, 0.2) is 48.5 Å². The molecule has 0 saturated heterocycles. The summed E-state index contributed by atoms with van der Waals surface area (Å²) in [7, 11) is 0. The lowest BCUT2D eigenvalue weighted by Crippen LogP contribution is -2.06. The van der Waals surface area contributed by atoms with Gasteiger partial charge < -0.3 is 10.2 Å². The zero-order valence-corrected chi connectivity index (χ0v) is 10.7. The Bertz CT molecular complexity index is 719. The first-order valence-electron chi connectivity index (χ1n) is 5.90. The van der Waals surface area contributed by atoms with Crippen LogP contribution in [0, 0.1) is 0 Å². The highest BCUT2D eigenvalue weighted by Gasteiger charge is 2.13. The molecule has 3 N–H and O–H groups in total. The Morgan fingerprint density at radius 2 is 1.14 bits per heavy atom. The molecule has 0 unspecified atom stereocenters. The van der Waals surface area contributed by atoms with Gasteiger partial charge >= 0.3 is 11.9 Å². The van der Waals surface area contributed by atoms with Crippen molar-refractivity contribution in [3.8, 4) is 0 Å². The number of nitrogens with one attached hydrogen (secondary N) is 1. The maximum absolute atomic E-state index is 10.5. The first-order valence-corrected chi connectivity index (χ1v) is 5.90. The average Bonchev–Trinajstić information content (AvgIpc) is 2.96. The van der Waals surface area contributed by atoms with Gasteiger partial charge in [0.2, 0.25) is 0 Å². The van der Waals surface area contributed by atoms with Gasteiger partial charge in [-0.2, -0.15) is 15.4 Å². The third kappa shape index (κ3) is 3.41. The van der Waals surface area contributed by atoms with E-state index in [2.05, 4.69) is 15.4 Å². The van der Waals surface area contributed by atoms with Crippen LogP contribution in [0.4, 0.5) is 0 Å². The SMILES string of the molecule is O=C(O)c1ccccc1C(=O)O.c1ccc2n[nH]nc2c1. The standard InChI is InChI=1S/C8H6O4.C6H5N3/c9-7(10)5-3-1-2-4-6(5)8(11)12;1-2-4-6-5(3-1)7-9-8-6/h1-4H,(H,9,10)(H,11,12);1-4H,(H,7,8,9). The maximum Gasteiger partial charge on any atom is 0.336 e. The predicted octanol–water partition coefficient (Wildman–Crippen LogP) is 2.04. The number of benzene rings is 2. The fourth-order valence-corrected chi connectivity index (χ4v) is 1.64. The van der Waals surface area contributed by atoms with Crippen molar-refractivity contribution in [2.75, 3.05) is 0 Å². The fourth-order valence-electron chi connectivity index (χ4n) is 1.64. The molecule has 3 rings (SSSR count). The topological polar surface area (TPSA) is 116 Å². The van der Waals surface area contributed by atoms with E-state index in [-0.39, 0.29) is 11.1 Å². The molecule has 0 atom stereocenters. The second kappa shape index (κ2) is 6.29. The van der Waals surface area contributed by atoms with Gasteiger partial charge in [-0.1, -0.05) is 24.3 Å². The summed E-state index contributed by atoms with van der Waals surface area (Å²) in [5, 5.41) is 27.4. The molecule has 106 valence electrons. The summed E-state index contributed by atoms with van der Waals surface area (Å²) in [4.78, 5) is 20.9. The summed E-state index contributed by atoms with van der Waals surface area (Å²) in [6, 6.07) is 13.2. The number of H-pyrrole nitrogens is 1. The van der Waals surface area contributed by atoms with E-state index in [1.807, 2.05) is 24.3 Å². The molecular weight excluding hydrogens is 274 g/mol. The van der Waals surface area contributed by atoms with Gasteiger partial charge in [0.15, 0.2) is 0 Å². The highest BCUT2D eigenvalue weighted by Crippen LogP contribution is 2.07. The molecule has 0 spiro atoms. The number of carboxylic acid groups (broad SMARTS) is 2. The number of aromatic nitrogens is 3. The minimum absolute atomic E-state index is 0.190. The van der Waals surface area contributed by atoms with Crippen LogP contribution in [-0.4, -0.2) is 37.6 Å². The average molecular weight is 285 g/mol. The van der Waals surface area contributed by atoms with Crippen molar-refractivity contribution in [1.82, 2.24) is 15.4 Å². The maximum atomic E-state index is 10.5. The number of aromatic amines is 1.